The zero-order valence-corrected chi connectivity index (χ0v) is 12.6. The minimum absolute atomic E-state index is 0.00591. The minimum atomic E-state index is -0.302. The Bertz CT molecular complexity index is 476. The van der Waals surface area contributed by atoms with E-state index in [9.17, 15) is 4.39 Å². The normalized spacial score (nSPS) is 12.1. The predicted molar refractivity (Wildman–Crippen MR) is 80.8 cm³/mol. The lowest BCUT2D eigenvalue weighted by atomic mass is 10.1. The van der Waals surface area contributed by atoms with Gasteiger partial charge in [-0.05, 0) is 30.7 Å². The summed E-state index contributed by atoms with van der Waals surface area (Å²) in [6.07, 6.45) is 1.53. The molecule has 0 aliphatic carbocycles. The average Bonchev–Trinajstić information content (AvgIpc) is 2.42. The molecule has 2 nitrogen and oxygen atoms in total. The van der Waals surface area contributed by atoms with Gasteiger partial charge in [-0.15, -0.1) is 0 Å². The van der Waals surface area contributed by atoms with E-state index in [1.807, 2.05) is 0 Å². The van der Waals surface area contributed by atoms with Crippen LogP contribution >= 0.6 is 0 Å². The van der Waals surface area contributed by atoms with Crippen LogP contribution in [0.3, 0.4) is 0 Å². The van der Waals surface area contributed by atoms with E-state index in [0.29, 0.717) is 17.9 Å². The van der Waals surface area contributed by atoms with Gasteiger partial charge < -0.3 is 10.0 Å². The Morgan fingerprint density at radius 3 is 2.80 bits per heavy atom. The summed E-state index contributed by atoms with van der Waals surface area (Å²) in [5.74, 6) is 5.89. The number of aliphatic hydroxyl groups is 1. The summed E-state index contributed by atoms with van der Waals surface area (Å²) in [7, 11) is 2.08. The molecule has 3 heteroatoms. The smallest absolute Gasteiger partial charge is 0.138 e. The fourth-order valence-corrected chi connectivity index (χ4v) is 2.02. The van der Waals surface area contributed by atoms with Crippen LogP contribution in [0.25, 0.3) is 0 Å². The molecule has 20 heavy (non-hydrogen) atoms. The first-order valence-electron chi connectivity index (χ1n) is 7.13. The van der Waals surface area contributed by atoms with Crippen molar-refractivity contribution in [1.29, 1.82) is 0 Å². The number of benzene rings is 1. The molecule has 0 saturated carbocycles. The lowest BCUT2D eigenvalue weighted by Crippen LogP contribution is -2.23. The number of hydrogen-bond acceptors (Lipinski definition) is 2. The zero-order chi connectivity index (χ0) is 15.0. The summed E-state index contributed by atoms with van der Waals surface area (Å²) in [6, 6.07) is 5.07. The molecule has 1 aromatic carbocycles. The number of nitrogens with zero attached hydrogens (tertiary/aromatic N) is 1. The SMILES string of the molecule is CCC(C)CN(C)Cc1ccc(F)c(C#CCCO)c1. The van der Waals surface area contributed by atoms with E-state index >= 15 is 0 Å². The molecule has 0 heterocycles. The van der Waals surface area contributed by atoms with E-state index in [1.165, 1.54) is 6.07 Å². The van der Waals surface area contributed by atoms with Crippen molar-refractivity contribution in [3.63, 3.8) is 0 Å². The molecular weight excluding hydrogens is 253 g/mol. The molecule has 0 saturated heterocycles. The van der Waals surface area contributed by atoms with Crippen LogP contribution in [0.2, 0.25) is 0 Å². The summed E-state index contributed by atoms with van der Waals surface area (Å²) in [5.41, 5.74) is 1.47. The molecule has 0 aliphatic rings. The molecule has 0 spiro atoms. The van der Waals surface area contributed by atoms with Crippen molar-refractivity contribution >= 4 is 0 Å². The van der Waals surface area contributed by atoms with Crippen molar-refractivity contribution < 1.29 is 9.50 Å². The van der Waals surface area contributed by atoms with Gasteiger partial charge in [-0.25, -0.2) is 4.39 Å². The lowest BCUT2D eigenvalue weighted by Gasteiger charge is -2.20. The van der Waals surface area contributed by atoms with Crippen molar-refractivity contribution in [3.8, 4) is 11.8 Å². The molecular formula is C17H24FNO. The molecule has 110 valence electrons. The number of rotatable bonds is 6. The van der Waals surface area contributed by atoms with Gasteiger partial charge in [0.2, 0.25) is 0 Å². The third kappa shape index (κ3) is 5.73. The molecule has 1 rings (SSSR count). The maximum absolute atomic E-state index is 13.6. The molecule has 0 radical (unpaired) electrons. The molecule has 1 N–H and O–H groups in total. The first-order chi connectivity index (χ1) is 9.56. The second-order valence-corrected chi connectivity index (χ2v) is 5.30. The van der Waals surface area contributed by atoms with Gasteiger partial charge in [0.15, 0.2) is 0 Å². The monoisotopic (exact) mass is 277 g/mol. The van der Waals surface area contributed by atoms with Crippen LogP contribution in [0.4, 0.5) is 4.39 Å². The third-order valence-electron chi connectivity index (χ3n) is 3.26. The summed E-state index contributed by atoms with van der Waals surface area (Å²) in [6.45, 7) is 6.24. The highest BCUT2D eigenvalue weighted by Gasteiger charge is 2.07. The molecule has 0 aromatic heterocycles. The molecule has 0 amide bonds. The van der Waals surface area contributed by atoms with E-state index < -0.39 is 0 Å². The van der Waals surface area contributed by atoms with Crippen molar-refractivity contribution in [2.75, 3.05) is 20.2 Å². The Morgan fingerprint density at radius 2 is 2.15 bits per heavy atom. The Balaban J connectivity index is 2.72. The van der Waals surface area contributed by atoms with Gasteiger partial charge in [-0.1, -0.05) is 38.2 Å². The van der Waals surface area contributed by atoms with Crippen LogP contribution < -0.4 is 0 Å². The second kappa shape index (κ2) is 8.73. The first kappa shape index (κ1) is 16.7. The van der Waals surface area contributed by atoms with Crippen LogP contribution in [-0.4, -0.2) is 30.2 Å². The van der Waals surface area contributed by atoms with Gasteiger partial charge in [0.25, 0.3) is 0 Å². The minimum Gasteiger partial charge on any atom is -0.395 e. The average molecular weight is 277 g/mol. The Labute approximate surface area is 121 Å². The van der Waals surface area contributed by atoms with Crippen LogP contribution in [0, 0.1) is 23.6 Å². The highest BCUT2D eigenvalue weighted by Crippen LogP contribution is 2.12. The van der Waals surface area contributed by atoms with Gasteiger partial charge >= 0.3 is 0 Å². The lowest BCUT2D eigenvalue weighted by molar-refractivity contribution is 0.275. The fraction of sp³-hybridized carbons (Fsp3) is 0.529. The molecule has 0 fully saturated rings. The first-order valence-corrected chi connectivity index (χ1v) is 7.13. The van der Waals surface area contributed by atoms with Gasteiger partial charge in [-0.2, -0.15) is 0 Å². The third-order valence-corrected chi connectivity index (χ3v) is 3.26. The molecule has 0 aliphatic heterocycles. The van der Waals surface area contributed by atoms with E-state index in [2.05, 4.69) is 37.6 Å². The zero-order valence-electron chi connectivity index (χ0n) is 12.6. The highest BCUT2D eigenvalue weighted by atomic mass is 19.1. The summed E-state index contributed by atoms with van der Waals surface area (Å²) < 4.78 is 13.6. The van der Waals surface area contributed by atoms with Gasteiger partial charge in [0, 0.05) is 19.5 Å². The highest BCUT2D eigenvalue weighted by molar-refractivity contribution is 5.38. The Kier molecular flexibility index (Phi) is 7.28. The van der Waals surface area contributed by atoms with Crippen molar-refractivity contribution in [3.05, 3.63) is 35.1 Å². The van der Waals surface area contributed by atoms with Crippen LogP contribution in [0.5, 0.6) is 0 Å². The van der Waals surface area contributed by atoms with E-state index in [4.69, 9.17) is 5.11 Å². The van der Waals surface area contributed by atoms with E-state index in [-0.39, 0.29) is 12.4 Å². The van der Waals surface area contributed by atoms with Crippen molar-refractivity contribution in [2.24, 2.45) is 5.92 Å². The van der Waals surface area contributed by atoms with Gasteiger partial charge in [0.1, 0.15) is 5.82 Å². The quantitative estimate of drug-likeness (QED) is 0.808. The fourth-order valence-electron chi connectivity index (χ4n) is 2.02. The topological polar surface area (TPSA) is 23.5 Å². The van der Waals surface area contributed by atoms with E-state index in [1.54, 1.807) is 12.1 Å². The number of aliphatic hydroxyl groups excluding tert-OH is 1. The van der Waals surface area contributed by atoms with Gasteiger partial charge in [-0.3, -0.25) is 0 Å². The van der Waals surface area contributed by atoms with Crippen LogP contribution in [-0.2, 0) is 6.54 Å². The summed E-state index contributed by atoms with van der Waals surface area (Å²) in [4.78, 5) is 2.24. The van der Waals surface area contributed by atoms with Crippen molar-refractivity contribution in [2.45, 2.75) is 33.2 Å². The number of hydrogen-bond donors (Lipinski definition) is 1. The molecule has 1 unspecified atom stereocenters. The second-order valence-electron chi connectivity index (χ2n) is 5.30. The maximum atomic E-state index is 13.6. The standard InChI is InChI=1S/C17H24FNO/c1-4-14(2)12-19(3)13-15-8-9-17(18)16(11-15)7-5-6-10-20/h8-9,11,14,20H,4,6,10,12-13H2,1-3H3. The predicted octanol–water partition coefficient (Wildman–Crippen LogP) is 3.04. The Hall–Kier alpha value is -1.37. The van der Waals surface area contributed by atoms with Crippen LogP contribution in [0.1, 0.15) is 37.8 Å². The van der Waals surface area contributed by atoms with E-state index in [0.717, 1.165) is 25.1 Å². The molecule has 1 atom stereocenters. The van der Waals surface area contributed by atoms with Crippen LogP contribution in [0.15, 0.2) is 18.2 Å². The van der Waals surface area contributed by atoms with Crippen molar-refractivity contribution in [1.82, 2.24) is 4.90 Å². The summed E-state index contributed by atoms with van der Waals surface area (Å²) in [5, 5.41) is 8.69. The largest absolute Gasteiger partial charge is 0.395 e. The maximum Gasteiger partial charge on any atom is 0.138 e. The molecule has 1 aromatic rings. The van der Waals surface area contributed by atoms with Gasteiger partial charge in [0.05, 0.1) is 12.2 Å². The Morgan fingerprint density at radius 1 is 1.40 bits per heavy atom. The molecule has 0 bridgehead atoms. The number of halogens is 1. The summed E-state index contributed by atoms with van der Waals surface area (Å²) >= 11 is 0.